The second-order valence-corrected chi connectivity index (χ2v) is 4.26. The first-order valence-electron chi connectivity index (χ1n) is 5.88. The van der Waals surface area contributed by atoms with E-state index in [1.165, 1.54) is 0 Å². The van der Waals surface area contributed by atoms with Gasteiger partial charge >= 0.3 is 0 Å². The van der Waals surface area contributed by atoms with Crippen LogP contribution in [0.5, 0.6) is 0 Å². The molecule has 1 atom stereocenters. The van der Waals surface area contributed by atoms with Crippen LogP contribution in [0.4, 0.5) is 0 Å². The highest BCUT2D eigenvalue weighted by molar-refractivity contribution is 5.76. The number of aliphatic hydroxyl groups excluding tert-OH is 1. The summed E-state index contributed by atoms with van der Waals surface area (Å²) < 4.78 is 5.66. The summed E-state index contributed by atoms with van der Waals surface area (Å²) in [5.74, 6) is 0.773. The van der Waals surface area contributed by atoms with Gasteiger partial charge in [0.1, 0.15) is 11.3 Å². The van der Waals surface area contributed by atoms with Gasteiger partial charge in [-0.3, -0.25) is 4.98 Å². The normalized spacial score (nSPS) is 12.7. The number of nitrogens with zero attached hydrogens (tertiary/aromatic N) is 1. The van der Waals surface area contributed by atoms with Gasteiger partial charge < -0.3 is 9.52 Å². The molecule has 18 heavy (non-hydrogen) atoms. The summed E-state index contributed by atoms with van der Waals surface area (Å²) in [7, 11) is 0. The lowest BCUT2D eigenvalue weighted by Gasteiger charge is -2.08. The molecule has 90 valence electrons. The molecule has 1 unspecified atom stereocenters. The standard InChI is InChI=1S/C15H13NO2/c17-14(11-4-2-1-3-5-11)9-13-8-12-10-16-7-6-15(12)18-13/h1-8,10,14,17H,9H2. The number of rotatable bonds is 3. The third-order valence-electron chi connectivity index (χ3n) is 2.95. The number of aromatic nitrogens is 1. The van der Waals surface area contributed by atoms with E-state index >= 15 is 0 Å². The van der Waals surface area contributed by atoms with Crippen LogP contribution in [0.15, 0.2) is 59.3 Å². The molecule has 3 rings (SSSR count). The van der Waals surface area contributed by atoms with Crippen LogP contribution in [0.1, 0.15) is 17.4 Å². The fourth-order valence-corrected chi connectivity index (χ4v) is 2.02. The minimum Gasteiger partial charge on any atom is -0.461 e. The Morgan fingerprint density at radius 1 is 1.17 bits per heavy atom. The molecule has 0 fully saturated rings. The van der Waals surface area contributed by atoms with Crippen molar-refractivity contribution in [3.8, 4) is 0 Å². The van der Waals surface area contributed by atoms with Crippen molar-refractivity contribution in [3.05, 3.63) is 66.2 Å². The van der Waals surface area contributed by atoms with Crippen LogP contribution in [0.3, 0.4) is 0 Å². The molecule has 0 amide bonds. The first-order valence-corrected chi connectivity index (χ1v) is 5.88. The third kappa shape index (κ3) is 2.13. The Kier molecular flexibility index (Phi) is 2.82. The van der Waals surface area contributed by atoms with Crippen molar-refractivity contribution < 1.29 is 9.52 Å². The molecule has 3 aromatic rings. The highest BCUT2D eigenvalue weighted by atomic mass is 16.3. The van der Waals surface area contributed by atoms with E-state index in [1.807, 2.05) is 42.5 Å². The third-order valence-corrected chi connectivity index (χ3v) is 2.95. The van der Waals surface area contributed by atoms with Gasteiger partial charge in [0.2, 0.25) is 0 Å². The van der Waals surface area contributed by atoms with E-state index in [2.05, 4.69) is 4.98 Å². The first kappa shape index (κ1) is 11.0. The second kappa shape index (κ2) is 4.63. The topological polar surface area (TPSA) is 46.3 Å². The van der Waals surface area contributed by atoms with Crippen LogP contribution in [0, 0.1) is 0 Å². The van der Waals surface area contributed by atoms with Crippen LogP contribution in [-0.2, 0) is 6.42 Å². The largest absolute Gasteiger partial charge is 0.461 e. The van der Waals surface area contributed by atoms with E-state index in [0.717, 1.165) is 22.3 Å². The molecule has 0 saturated carbocycles. The van der Waals surface area contributed by atoms with Crippen molar-refractivity contribution in [3.63, 3.8) is 0 Å². The summed E-state index contributed by atoms with van der Waals surface area (Å²) in [5, 5.41) is 11.1. The lowest BCUT2D eigenvalue weighted by atomic mass is 10.1. The number of aliphatic hydroxyl groups is 1. The zero-order valence-corrected chi connectivity index (χ0v) is 9.78. The van der Waals surface area contributed by atoms with Crippen molar-refractivity contribution in [2.75, 3.05) is 0 Å². The van der Waals surface area contributed by atoms with Gasteiger partial charge in [0.05, 0.1) is 6.10 Å². The number of fused-ring (bicyclic) bond motifs is 1. The first-order chi connectivity index (χ1) is 8.83. The highest BCUT2D eigenvalue weighted by Gasteiger charge is 2.11. The summed E-state index contributed by atoms with van der Waals surface area (Å²) in [6, 6.07) is 13.3. The van der Waals surface area contributed by atoms with Crippen LogP contribution >= 0.6 is 0 Å². The maximum Gasteiger partial charge on any atom is 0.137 e. The summed E-state index contributed by atoms with van der Waals surface area (Å²) in [5.41, 5.74) is 1.70. The van der Waals surface area contributed by atoms with Crippen molar-refractivity contribution in [2.24, 2.45) is 0 Å². The Labute approximate surface area is 105 Å². The Morgan fingerprint density at radius 2 is 2.00 bits per heavy atom. The average Bonchev–Trinajstić information content (AvgIpc) is 2.82. The van der Waals surface area contributed by atoms with Gasteiger partial charge in [-0.05, 0) is 17.7 Å². The smallest absolute Gasteiger partial charge is 0.137 e. The SMILES string of the molecule is OC(Cc1cc2cnccc2o1)c1ccccc1. The number of pyridine rings is 1. The van der Waals surface area contributed by atoms with Crippen molar-refractivity contribution in [1.29, 1.82) is 0 Å². The lowest BCUT2D eigenvalue weighted by molar-refractivity contribution is 0.171. The Bertz CT molecular complexity index is 613. The van der Waals surface area contributed by atoms with Crippen LogP contribution in [0.25, 0.3) is 11.0 Å². The summed E-state index contributed by atoms with van der Waals surface area (Å²) in [6.45, 7) is 0. The number of benzene rings is 1. The zero-order chi connectivity index (χ0) is 12.4. The van der Waals surface area contributed by atoms with E-state index in [-0.39, 0.29) is 0 Å². The molecule has 2 heterocycles. The van der Waals surface area contributed by atoms with Crippen LogP contribution in [0.2, 0.25) is 0 Å². The van der Waals surface area contributed by atoms with E-state index < -0.39 is 6.10 Å². The van der Waals surface area contributed by atoms with E-state index in [1.54, 1.807) is 12.4 Å². The molecular formula is C15H13NO2. The maximum absolute atomic E-state index is 10.1. The van der Waals surface area contributed by atoms with Crippen molar-refractivity contribution in [2.45, 2.75) is 12.5 Å². The molecule has 0 aliphatic heterocycles. The maximum atomic E-state index is 10.1. The van der Waals surface area contributed by atoms with Gasteiger partial charge in [0.25, 0.3) is 0 Å². The highest BCUT2D eigenvalue weighted by Crippen LogP contribution is 2.23. The minimum atomic E-state index is -0.542. The number of hydrogen-bond donors (Lipinski definition) is 1. The number of hydrogen-bond acceptors (Lipinski definition) is 3. The number of furan rings is 1. The van der Waals surface area contributed by atoms with Gasteiger partial charge in [-0.15, -0.1) is 0 Å². The predicted molar refractivity (Wildman–Crippen MR) is 69.1 cm³/mol. The van der Waals surface area contributed by atoms with Crippen LogP contribution in [-0.4, -0.2) is 10.1 Å². The molecular weight excluding hydrogens is 226 g/mol. The van der Waals surface area contributed by atoms with Gasteiger partial charge in [-0.25, -0.2) is 0 Å². The molecule has 0 saturated heterocycles. The molecule has 3 heteroatoms. The summed E-state index contributed by atoms with van der Waals surface area (Å²) in [4.78, 5) is 4.04. The summed E-state index contributed by atoms with van der Waals surface area (Å²) >= 11 is 0. The van der Waals surface area contributed by atoms with Crippen molar-refractivity contribution >= 4 is 11.0 Å². The Morgan fingerprint density at radius 3 is 2.78 bits per heavy atom. The van der Waals surface area contributed by atoms with E-state index in [9.17, 15) is 5.11 Å². The zero-order valence-electron chi connectivity index (χ0n) is 9.78. The van der Waals surface area contributed by atoms with E-state index in [0.29, 0.717) is 6.42 Å². The molecule has 1 N–H and O–H groups in total. The minimum absolute atomic E-state index is 0.471. The average molecular weight is 239 g/mol. The molecule has 0 bridgehead atoms. The molecule has 0 aliphatic carbocycles. The van der Waals surface area contributed by atoms with Gasteiger partial charge in [0, 0.05) is 24.2 Å². The molecule has 0 radical (unpaired) electrons. The lowest BCUT2D eigenvalue weighted by Crippen LogP contribution is -2.00. The van der Waals surface area contributed by atoms with E-state index in [4.69, 9.17) is 4.42 Å². The Balaban J connectivity index is 1.84. The van der Waals surface area contributed by atoms with Crippen molar-refractivity contribution in [1.82, 2.24) is 4.98 Å². The van der Waals surface area contributed by atoms with Gasteiger partial charge in [0.15, 0.2) is 0 Å². The van der Waals surface area contributed by atoms with Gasteiger partial charge in [-0.1, -0.05) is 30.3 Å². The molecule has 3 nitrogen and oxygen atoms in total. The van der Waals surface area contributed by atoms with Gasteiger partial charge in [-0.2, -0.15) is 0 Å². The molecule has 0 aliphatic rings. The molecule has 0 spiro atoms. The monoisotopic (exact) mass is 239 g/mol. The fraction of sp³-hybridized carbons (Fsp3) is 0.133. The van der Waals surface area contributed by atoms with Crippen LogP contribution < -0.4 is 0 Å². The quantitative estimate of drug-likeness (QED) is 0.763. The second-order valence-electron chi connectivity index (χ2n) is 4.26. The Hall–Kier alpha value is -2.13. The molecule has 1 aromatic carbocycles. The fourth-order valence-electron chi connectivity index (χ4n) is 2.02. The summed E-state index contributed by atoms with van der Waals surface area (Å²) in [6.07, 6.45) is 3.39. The predicted octanol–water partition coefficient (Wildman–Crippen LogP) is 3.10. The molecule has 2 aromatic heterocycles.